The van der Waals surface area contributed by atoms with Gasteiger partial charge in [0.05, 0.1) is 0 Å². The zero-order chi connectivity index (χ0) is 9.80. The maximum atomic E-state index is 4.27. The maximum absolute atomic E-state index is 4.27. The van der Waals surface area contributed by atoms with Gasteiger partial charge in [-0.25, -0.2) is 4.98 Å². The average molecular weight is 191 g/mol. The summed E-state index contributed by atoms with van der Waals surface area (Å²) in [4.78, 5) is 4.27. The number of hydrogen-bond donors (Lipinski definition) is 2. The Balaban J connectivity index is 1.85. The summed E-state index contributed by atoms with van der Waals surface area (Å²) in [7, 11) is 0. The molecule has 0 aromatic carbocycles. The van der Waals surface area contributed by atoms with E-state index in [1.165, 1.54) is 12.0 Å². The number of aromatic nitrogens is 1. The Morgan fingerprint density at radius 1 is 1.64 bits per heavy atom. The molecule has 1 aliphatic rings. The van der Waals surface area contributed by atoms with Crippen LogP contribution in [0.2, 0.25) is 0 Å². The third-order valence-corrected chi connectivity index (χ3v) is 2.65. The molecule has 0 saturated carbocycles. The van der Waals surface area contributed by atoms with Gasteiger partial charge >= 0.3 is 0 Å². The third-order valence-electron chi connectivity index (χ3n) is 2.65. The van der Waals surface area contributed by atoms with Gasteiger partial charge < -0.3 is 10.6 Å². The van der Waals surface area contributed by atoms with Crippen LogP contribution in [-0.4, -0.2) is 24.6 Å². The fourth-order valence-corrected chi connectivity index (χ4v) is 1.77. The molecule has 1 aliphatic heterocycles. The molecule has 2 rings (SSSR count). The summed E-state index contributed by atoms with van der Waals surface area (Å²) in [5, 5.41) is 6.74. The predicted molar refractivity (Wildman–Crippen MR) is 58.4 cm³/mol. The molecule has 1 fully saturated rings. The first-order valence-corrected chi connectivity index (χ1v) is 5.22. The van der Waals surface area contributed by atoms with E-state index in [1.54, 1.807) is 0 Å². The average Bonchev–Trinajstić information content (AvgIpc) is 2.67. The summed E-state index contributed by atoms with van der Waals surface area (Å²) in [5.41, 5.74) is 1.26. The van der Waals surface area contributed by atoms with E-state index in [0.717, 1.165) is 31.4 Å². The van der Waals surface area contributed by atoms with Crippen molar-refractivity contribution in [2.24, 2.45) is 5.92 Å². The molecule has 3 nitrogen and oxygen atoms in total. The van der Waals surface area contributed by atoms with Crippen LogP contribution in [0.15, 0.2) is 18.3 Å². The van der Waals surface area contributed by atoms with Gasteiger partial charge in [-0.3, -0.25) is 0 Å². The van der Waals surface area contributed by atoms with E-state index >= 15 is 0 Å². The molecule has 14 heavy (non-hydrogen) atoms. The van der Waals surface area contributed by atoms with Crippen molar-refractivity contribution in [3.63, 3.8) is 0 Å². The largest absolute Gasteiger partial charge is 0.370 e. The summed E-state index contributed by atoms with van der Waals surface area (Å²) in [6.07, 6.45) is 3.13. The molecule has 1 atom stereocenters. The number of aryl methyl sites for hydroxylation is 1. The molecule has 76 valence electrons. The maximum Gasteiger partial charge on any atom is 0.126 e. The minimum absolute atomic E-state index is 0.761. The summed E-state index contributed by atoms with van der Waals surface area (Å²) in [6.45, 7) is 5.42. The highest BCUT2D eigenvalue weighted by Gasteiger charge is 2.13. The lowest BCUT2D eigenvalue weighted by molar-refractivity contribution is 0.614. The predicted octanol–water partition coefficient (Wildman–Crippen LogP) is 1.41. The Morgan fingerprint density at radius 3 is 3.29 bits per heavy atom. The lowest BCUT2D eigenvalue weighted by Gasteiger charge is -2.10. The Kier molecular flexibility index (Phi) is 2.99. The van der Waals surface area contributed by atoms with Gasteiger partial charge in [-0.05, 0) is 50.0 Å². The molecule has 1 aromatic heterocycles. The second-order valence-electron chi connectivity index (χ2n) is 3.96. The summed E-state index contributed by atoms with van der Waals surface area (Å²) < 4.78 is 0. The highest BCUT2D eigenvalue weighted by molar-refractivity contribution is 5.36. The van der Waals surface area contributed by atoms with Gasteiger partial charge in [-0.15, -0.1) is 0 Å². The molecule has 0 bridgehead atoms. The van der Waals surface area contributed by atoms with E-state index < -0.39 is 0 Å². The highest BCUT2D eigenvalue weighted by Crippen LogP contribution is 2.10. The van der Waals surface area contributed by atoms with Crippen molar-refractivity contribution < 1.29 is 0 Å². The minimum atomic E-state index is 0.761. The molecule has 1 aromatic rings. The molecule has 0 radical (unpaired) electrons. The first kappa shape index (κ1) is 9.46. The van der Waals surface area contributed by atoms with Crippen LogP contribution in [0.1, 0.15) is 12.0 Å². The monoisotopic (exact) mass is 191 g/mol. The van der Waals surface area contributed by atoms with Gasteiger partial charge in [-0.2, -0.15) is 0 Å². The lowest BCUT2D eigenvalue weighted by atomic mass is 10.1. The molecule has 2 N–H and O–H groups in total. The molecule has 0 aliphatic carbocycles. The van der Waals surface area contributed by atoms with Gasteiger partial charge in [0.2, 0.25) is 0 Å². The van der Waals surface area contributed by atoms with E-state index in [4.69, 9.17) is 0 Å². The van der Waals surface area contributed by atoms with Gasteiger partial charge in [0.25, 0.3) is 0 Å². The SMILES string of the molecule is Cc1ccnc(NC[C@H]2CCNC2)c1. The summed E-state index contributed by atoms with van der Waals surface area (Å²) in [6, 6.07) is 4.10. The first-order valence-electron chi connectivity index (χ1n) is 5.22. The van der Waals surface area contributed by atoms with Crippen LogP contribution in [0.5, 0.6) is 0 Å². The molecule has 1 saturated heterocycles. The minimum Gasteiger partial charge on any atom is -0.370 e. The smallest absolute Gasteiger partial charge is 0.126 e. The second-order valence-corrected chi connectivity index (χ2v) is 3.96. The third kappa shape index (κ3) is 2.45. The van der Waals surface area contributed by atoms with Crippen molar-refractivity contribution in [1.29, 1.82) is 0 Å². The highest BCUT2D eigenvalue weighted by atomic mass is 15.0. The van der Waals surface area contributed by atoms with Crippen molar-refractivity contribution >= 4 is 5.82 Å². The lowest BCUT2D eigenvalue weighted by Crippen LogP contribution is -2.17. The Labute approximate surface area is 84.9 Å². The van der Waals surface area contributed by atoms with Crippen LogP contribution in [0, 0.1) is 12.8 Å². The molecule has 3 heteroatoms. The van der Waals surface area contributed by atoms with Crippen LogP contribution >= 0.6 is 0 Å². The number of nitrogens with zero attached hydrogens (tertiary/aromatic N) is 1. The fourth-order valence-electron chi connectivity index (χ4n) is 1.77. The zero-order valence-corrected chi connectivity index (χ0v) is 8.59. The van der Waals surface area contributed by atoms with Crippen LogP contribution in [0.3, 0.4) is 0 Å². The van der Waals surface area contributed by atoms with Gasteiger partial charge in [0, 0.05) is 12.7 Å². The van der Waals surface area contributed by atoms with Crippen molar-refractivity contribution in [3.05, 3.63) is 23.9 Å². The molecule has 0 amide bonds. The fraction of sp³-hybridized carbons (Fsp3) is 0.545. The number of anilines is 1. The van der Waals surface area contributed by atoms with E-state index in [9.17, 15) is 0 Å². The van der Waals surface area contributed by atoms with Crippen molar-refractivity contribution in [1.82, 2.24) is 10.3 Å². The number of hydrogen-bond acceptors (Lipinski definition) is 3. The van der Waals surface area contributed by atoms with Crippen molar-refractivity contribution in [2.75, 3.05) is 25.0 Å². The quantitative estimate of drug-likeness (QED) is 0.758. The molecular formula is C11H17N3. The van der Waals surface area contributed by atoms with E-state index in [0.29, 0.717) is 0 Å². The first-order chi connectivity index (χ1) is 6.84. The van der Waals surface area contributed by atoms with E-state index in [2.05, 4.69) is 28.6 Å². The Bertz CT molecular complexity index is 292. The van der Waals surface area contributed by atoms with Crippen LogP contribution < -0.4 is 10.6 Å². The van der Waals surface area contributed by atoms with E-state index in [1.807, 2.05) is 12.3 Å². The van der Waals surface area contributed by atoms with Gasteiger partial charge in [0.15, 0.2) is 0 Å². The normalized spacial score (nSPS) is 21.1. The molecular weight excluding hydrogens is 174 g/mol. The molecule has 0 spiro atoms. The Hall–Kier alpha value is -1.09. The number of nitrogens with one attached hydrogen (secondary N) is 2. The standard InChI is InChI=1S/C11H17N3/c1-9-2-5-13-11(6-9)14-8-10-3-4-12-7-10/h2,5-6,10,12H,3-4,7-8H2,1H3,(H,13,14)/t10-/m0/s1. The molecule has 0 unspecified atom stereocenters. The van der Waals surface area contributed by atoms with Crippen LogP contribution in [0.4, 0.5) is 5.82 Å². The summed E-state index contributed by atoms with van der Waals surface area (Å²) >= 11 is 0. The summed E-state index contributed by atoms with van der Waals surface area (Å²) in [5.74, 6) is 1.76. The van der Waals surface area contributed by atoms with Crippen LogP contribution in [-0.2, 0) is 0 Å². The van der Waals surface area contributed by atoms with Crippen LogP contribution in [0.25, 0.3) is 0 Å². The number of rotatable bonds is 3. The Morgan fingerprint density at radius 2 is 2.57 bits per heavy atom. The number of pyridine rings is 1. The second kappa shape index (κ2) is 4.42. The van der Waals surface area contributed by atoms with Gasteiger partial charge in [-0.1, -0.05) is 0 Å². The zero-order valence-electron chi connectivity index (χ0n) is 8.59. The topological polar surface area (TPSA) is 37.0 Å². The molecule has 2 heterocycles. The van der Waals surface area contributed by atoms with Crippen molar-refractivity contribution in [2.45, 2.75) is 13.3 Å². The van der Waals surface area contributed by atoms with Gasteiger partial charge in [0.1, 0.15) is 5.82 Å². The van der Waals surface area contributed by atoms with E-state index in [-0.39, 0.29) is 0 Å². The van der Waals surface area contributed by atoms with Crippen molar-refractivity contribution in [3.8, 4) is 0 Å².